The van der Waals surface area contributed by atoms with Crippen LogP contribution in [0.1, 0.15) is 108 Å². The molecule has 2 aliphatic heterocycles. The molecule has 2 fully saturated rings. The van der Waals surface area contributed by atoms with Gasteiger partial charge in [0, 0.05) is 44.5 Å². The number of aliphatic hydroxyl groups excluding tert-OH is 2. The summed E-state index contributed by atoms with van der Waals surface area (Å²) in [5.41, 5.74) is -3.31. The van der Waals surface area contributed by atoms with Crippen LogP contribution in [-0.2, 0) is 33.2 Å². The van der Waals surface area contributed by atoms with E-state index < -0.39 is 71.6 Å². The number of hydrogen-bond donors (Lipinski definition) is 4. The molecule has 4 N–H and O–H groups in total. The predicted octanol–water partition coefficient (Wildman–Crippen LogP) is 3.57. The van der Waals surface area contributed by atoms with Crippen LogP contribution in [-0.4, -0.2) is 156 Å². The molecule has 2 aliphatic rings. The molecule has 0 aliphatic carbocycles. The summed E-state index contributed by atoms with van der Waals surface area (Å²) in [7, 11) is 7.35. The fourth-order valence-corrected chi connectivity index (χ4v) is 8.17. The van der Waals surface area contributed by atoms with Crippen LogP contribution >= 0.6 is 0 Å². The van der Waals surface area contributed by atoms with Crippen molar-refractivity contribution in [1.29, 1.82) is 0 Å². The van der Waals surface area contributed by atoms with Gasteiger partial charge in [-0.3, -0.25) is 4.79 Å². The predicted molar refractivity (Wildman–Crippen MR) is 200 cm³/mol. The van der Waals surface area contributed by atoms with Gasteiger partial charge in [-0.25, -0.2) is 0 Å². The molecule has 15 unspecified atom stereocenters. The highest BCUT2D eigenvalue weighted by molar-refractivity contribution is 5.72. The topological polar surface area (TPSA) is 160 Å². The second-order valence-electron chi connectivity index (χ2n) is 17.4. The molecule has 0 radical (unpaired) electrons. The highest BCUT2D eigenvalue weighted by Crippen LogP contribution is 2.39. The molecule has 0 saturated carbocycles. The van der Waals surface area contributed by atoms with Crippen LogP contribution < -0.4 is 0 Å². The fraction of sp³-hybridized carbons (Fsp3) is 0.974. The number of nitrogens with zero attached hydrogens (tertiary/aromatic N) is 2. The minimum absolute atomic E-state index is 0.114. The van der Waals surface area contributed by atoms with Gasteiger partial charge in [-0.2, -0.15) is 0 Å². The van der Waals surface area contributed by atoms with Gasteiger partial charge in [0.05, 0.1) is 59.8 Å². The van der Waals surface area contributed by atoms with Gasteiger partial charge in [-0.05, 0) is 102 Å². The minimum atomic E-state index is -1.52. The Kier molecular flexibility index (Phi) is 17.9. The Labute approximate surface area is 314 Å². The van der Waals surface area contributed by atoms with Crippen molar-refractivity contribution in [2.24, 2.45) is 17.8 Å². The Morgan fingerprint density at radius 2 is 1.62 bits per heavy atom. The van der Waals surface area contributed by atoms with Gasteiger partial charge in [0.1, 0.15) is 6.10 Å². The second-order valence-corrected chi connectivity index (χ2v) is 17.4. The van der Waals surface area contributed by atoms with Crippen LogP contribution in [0.25, 0.3) is 0 Å². The summed E-state index contributed by atoms with van der Waals surface area (Å²) in [6.45, 7) is 21.0. The van der Waals surface area contributed by atoms with Crippen molar-refractivity contribution >= 4 is 5.97 Å². The molecule has 2 heterocycles. The molecule has 13 nitrogen and oxygen atoms in total. The maximum Gasteiger partial charge on any atom is 0.311 e. The van der Waals surface area contributed by atoms with E-state index in [0.717, 1.165) is 0 Å². The quantitative estimate of drug-likeness (QED) is 0.134. The summed E-state index contributed by atoms with van der Waals surface area (Å²) in [6.07, 6.45) is -3.37. The number of esters is 1. The smallest absolute Gasteiger partial charge is 0.311 e. The van der Waals surface area contributed by atoms with Gasteiger partial charge in [-0.15, -0.1) is 0 Å². The Morgan fingerprint density at radius 3 is 2.15 bits per heavy atom. The number of methoxy groups -OCH3 is 1. The summed E-state index contributed by atoms with van der Waals surface area (Å²) >= 11 is 0. The zero-order valence-corrected chi connectivity index (χ0v) is 35.0. The maximum absolute atomic E-state index is 13.5. The summed E-state index contributed by atoms with van der Waals surface area (Å²) in [5.74, 6) is -1.95. The van der Waals surface area contributed by atoms with E-state index >= 15 is 0 Å². The Hall–Kier alpha value is -0.970. The zero-order valence-electron chi connectivity index (χ0n) is 35.0. The lowest BCUT2D eigenvalue weighted by atomic mass is 9.77. The number of rotatable bonds is 20. The van der Waals surface area contributed by atoms with Crippen molar-refractivity contribution in [3.63, 3.8) is 0 Å². The molecular formula is C39H76N2O11. The fourth-order valence-electron chi connectivity index (χ4n) is 8.17. The van der Waals surface area contributed by atoms with E-state index in [1.807, 2.05) is 79.4 Å². The van der Waals surface area contributed by atoms with Crippen LogP contribution in [0.15, 0.2) is 0 Å². The van der Waals surface area contributed by atoms with Crippen molar-refractivity contribution in [1.82, 2.24) is 9.80 Å². The van der Waals surface area contributed by atoms with E-state index in [0.29, 0.717) is 32.2 Å². The Balaban J connectivity index is 2.56. The van der Waals surface area contributed by atoms with Gasteiger partial charge in [-0.1, -0.05) is 20.8 Å². The molecule has 15 atom stereocenters. The van der Waals surface area contributed by atoms with E-state index in [1.165, 1.54) is 0 Å². The Bertz CT molecular complexity index is 1070. The van der Waals surface area contributed by atoms with Gasteiger partial charge >= 0.3 is 5.97 Å². The standard InChI is InChI=1S/C39H76N2O11/c1-16-17-48-35(44)27(6)32(51-30-21-38(10,47-15)20-25(4)49-30)26(5)34(52-36-31(42)29(40(12)13)18-24(3)50-36)39(11,46)19-23(2)22-41(14)28(7)33(43)37(8,9)45/h23-34,36,42-43,45-46H,16-22H2,1-15H3. The molecule has 2 rings (SSSR count). The van der Waals surface area contributed by atoms with Gasteiger partial charge in [0.25, 0.3) is 0 Å². The number of carbonyl (C=O) groups is 1. The summed E-state index contributed by atoms with van der Waals surface area (Å²) in [5, 5.41) is 45.3. The average molecular weight is 749 g/mol. The number of carbonyl (C=O) groups excluding carboxylic acids is 1. The molecule has 308 valence electrons. The van der Waals surface area contributed by atoms with Crippen LogP contribution in [0.5, 0.6) is 0 Å². The van der Waals surface area contributed by atoms with Crippen LogP contribution in [0.3, 0.4) is 0 Å². The lowest BCUT2D eigenvalue weighted by Crippen LogP contribution is -2.59. The first-order chi connectivity index (χ1) is 23.9. The van der Waals surface area contributed by atoms with Gasteiger partial charge in [0.15, 0.2) is 12.6 Å². The third-order valence-electron chi connectivity index (χ3n) is 11.2. The molecular weight excluding hydrogens is 672 g/mol. The first-order valence-corrected chi connectivity index (χ1v) is 19.4. The molecule has 52 heavy (non-hydrogen) atoms. The molecule has 2 saturated heterocycles. The summed E-state index contributed by atoms with van der Waals surface area (Å²) in [6, 6.07) is -0.609. The second kappa shape index (κ2) is 19.8. The molecule has 0 amide bonds. The first kappa shape index (κ1) is 47.2. The summed E-state index contributed by atoms with van der Waals surface area (Å²) in [4.78, 5) is 17.4. The normalized spacial score (nSPS) is 32.8. The van der Waals surface area contributed by atoms with Crippen molar-refractivity contribution in [2.45, 2.75) is 186 Å². The highest BCUT2D eigenvalue weighted by atomic mass is 16.7. The van der Waals surface area contributed by atoms with Gasteiger partial charge in [0.2, 0.25) is 0 Å². The third-order valence-corrected chi connectivity index (χ3v) is 11.2. The van der Waals surface area contributed by atoms with E-state index in [1.54, 1.807) is 34.8 Å². The first-order valence-electron chi connectivity index (χ1n) is 19.4. The zero-order chi connectivity index (χ0) is 39.9. The van der Waals surface area contributed by atoms with Crippen LogP contribution in [0.2, 0.25) is 0 Å². The monoisotopic (exact) mass is 749 g/mol. The minimum Gasteiger partial charge on any atom is -0.465 e. The molecule has 13 heteroatoms. The Morgan fingerprint density at radius 1 is 1.00 bits per heavy atom. The van der Waals surface area contributed by atoms with E-state index in [4.69, 9.17) is 28.4 Å². The SMILES string of the molecule is CCCOC(=O)C(C)C(OC1CC(C)(OC)CC(C)O1)C(C)C(OC1OC(C)CC(N(C)C)C1O)C(C)(O)CC(C)CN(C)C(C)C(O)C(C)(C)O. The van der Waals surface area contributed by atoms with Crippen molar-refractivity contribution in [2.75, 3.05) is 41.4 Å². The number of hydrogen-bond acceptors (Lipinski definition) is 13. The van der Waals surface area contributed by atoms with E-state index in [2.05, 4.69) is 0 Å². The number of aliphatic hydroxyl groups is 4. The lowest BCUT2D eigenvalue weighted by molar-refractivity contribution is -0.310. The largest absolute Gasteiger partial charge is 0.465 e. The van der Waals surface area contributed by atoms with Crippen molar-refractivity contribution < 1.29 is 53.6 Å². The van der Waals surface area contributed by atoms with E-state index in [9.17, 15) is 25.2 Å². The average Bonchev–Trinajstić information content (AvgIpc) is 3.03. The van der Waals surface area contributed by atoms with Crippen molar-refractivity contribution in [3.8, 4) is 0 Å². The van der Waals surface area contributed by atoms with E-state index in [-0.39, 0.29) is 43.2 Å². The molecule has 0 bridgehead atoms. The van der Waals surface area contributed by atoms with Crippen molar-refractivity contribution in [3.05, 3.63) is 0 Å². The molecule has 0 aromatic carbocycles. The number of ether oxygens (including phenoxy) is 6. The summed E-state index contributed by atoms with van der Waals surface area (Å²) < 4.78 is 37.5. The molecule has 0 aromatic heterocycles. The van der Waals surface area contributed by atoms with Crippen LogP contribution in [0, 0.1) is 17.8 Å². The molecule has 0 spiro atoms. The third kappa shape index (κ3) is 13.1. The van der Waals surface area contributed by atoms with Crippen LogP contribution in [0.4, 0.5) is 0 Å². The molecule has 0 aromatic rings. The maximum atomic E-state index is 13.5. The van der Waals surface area contributed by atoms with Gasteiger partial charge < -0.3 is 58.6 Å². The highest BCUT2D eigenvalue weighted by Gasteiger charge is 2.50. The number of likely N-dealkylation sites (N-methyl/N-ethyl adjacent to an activating group) is 2. The lowest BCUT2D eigenvalue weighted by Gasteiger charge is -2.48.